The van der Waals surface area contributed by atoms with Crippen LogP contribution in [0.1, 0.15) is 24.0 Å². The van der Waals surface area contributed by atoms with Crippen LogP contribution >= 0.6 is 15.9 Å². The van der Waals surface area contributed by atoms with Gasteiger partial charge in [-0.1, -0.05) is 46.3 Å². The summed E-state index contributed by atoms with van der Waals surface area (Å²) in [6.45, 7) is 1.53. The molecule has 0 amide bonds. The van der Waals surface area contributed by atoms with Crippen molar-refractivity contribution in [3.8, 4) is 0 Å². The van der Waals surface area contributed by atoms with Gasteiger partial charge in [-0.3, -0.25) is 0 Å². The topological polar surface area (TPSA) is 29.3 Å². The molecule has 20 heavy (non-hydrogen) atoms. The molecule has 104 valence electrons. The quantitative estimate of drug-likeness (QED) is 0.895. The van der Waals surface area contributed by atoms with E-state index in [4.69, 9.17) is 5.73 Å². The number of rotatable bonds is 5. The van der Waals surface area contributed by atoms with Gasteiger partial charge < -0.3 is 10.6 Å². The molecule has 0 aromatic heterocycles. The van der Waals surface area contributed by atoms with Gasteiger partial charge in [-0.15, -0.1) is 0 Å². The summed E-state index contributed by atoms with van der Waals surface area (Å²) in [6, 6.07) is 17.7. The number of hydrogen-bond donors (Lipinski definition) is 1. The molecule has 3 rings (SSSR count). The maximum absolute atomic E-state index is 5.92. The van der Waals surface area contributed by atoms with Crippen LogP contribution in [0, 0.1) is 0 Å². The molecule has 0 radical (unpaired) electrons. The van der Waals surface area contributed by atoms with Gasteiger partial charge in [0.15, 0.2) is 0 Å². The van der Waals surface area contributed by atoms with Gasteiger partial charge >= 0.3 is 0 Å². The van der Waals surface area contributed by atoms with Crippen LogP contribution in [0.4, 0.5) is 5.69 Å². The molecule has 0 aliphatic heterocycles. The largest absolute Gasteiger partial charge is 0.364 e. The molecule has 0 heterocycles. The minimum absolute atomic E-state index is 0.576. The average molecular weight is 331 g/mol. The number of hydrogen-bond acceptors (Lipinski definition) is 2. The smallest absolute Gasteiger partial charge is 0.0432 e. The summed E-state index contributed by atoms with van der Waals surface area (Å²) >= 11 is 3.53. The monoisotopic (exact) mass is 330 g/mol. The highest BCUT2D eigenvalue weighted by atomic mass is 79.9. The molecule has 2 aromatic carbocycles. The molecule has 0 bridgehead atoms. The number of anilines is 1. The zero-order chi connectivity index (χ0) is 13.9. The SMILES string of the molecule is NCc1cc(Br)ccc1N(Cc1ccccc1)C1CC1. The summed E-state index contributed by atoms with van der Waals surface area (Å²) in [7, 11) is 0. The maximum atomic E-state index is 5.92. The first-order valence-corrected chi connectivity index (χ1v) is 7.86. The summed E-state index contributed by atoms with van der Waals surface area (Å²) in [5.74, 6) is 0. The molecular weight excluding hydrogens is 312 g/mol. The molecule has 0 saturated heterocycles. The van der Waals surface area contributed by atoms with Crippen LogP contribution in [0.5, 0.6) is 0 Å². The Kier molecular flexibility index (Phi) is 4.08. The predicted octanol–water partition coefficient (Wildman–Crippen LogP) is 4.08. The molecule has 0 unspecified atom stereocenters. The second-order valence-electron chi connectivity index (χ2n) is 5.32. The molecule has 1 aliphatic carbocycles. The molecule has 1 fully saturated rings. The standard InChI is InChI=1S/C17H19BrN2/c18-15-6-9-17(14(10-15)11-19)20(16-7-8-16)12-13-4-2-1-3-5-13/h1-6,9-10,16H,7-8,11-12,19H2. The lowest BCUT2D eigenvalue weighted by molar-refractivity contribution is 0.786. The number of benzene rings is 2. The van der Waals surface area contributed by atoms with Gasteiger partial charge in [0.1, 0.15) is 0 Å². The van der Waals surface area contributed by atoms with Gasteiger partial charge in [0.25, 0.3) is 0 Å². The third-order valence-corrected chi connectivity index (χ3v) is 4.25. The van der Waals surface area contributed by atoms with Crippen molar-refractivity contribution in [2.45, 2.75) is 32.0 Å². The summed E-state index contributed by atoms with van der Waals surface area (Å²) in [5, 5.41) is 0. The van der Waals surface area contributed by atoms with Crippen molar-refractivity contribution in [3.05, 3.63) is 64.1 Å². The molecule has 2 nitrogen and oxygen atoms in total. The minimum Gasteiger partial charge on any atom is -0.364 e. The normalized spacial score (nSPS) is 14.3. The Morgan fingerprint density at radius 3 is 2.50 bits per heavy atom. The summed E-state index contributed by atoms with van der Waals surface area (Å²) in [4.78, 5) is 2.50. The second kappa shape index (κ2) is 5.98. The Bertz CT molecular complexity index is 579. The van der Waals surface area contributed by atoms with Gasteiger partial charge in [0, 0.05) is 29.3 Å². The lowest BCUT2D eigenvalue weighted by atomic mass is 10.1. The Labute approximate surface area is 128 Å². The van der Waals surface area contributed by atoms with Gasteiger partial charge in [0.2, 0.25) is 0 Å². The molecule has 0 atom stereocenters. The van der Waals surface area contributed by atoms with Gasteiger partial charge in [0.05, 0.1) is 0 Å². The van der Waals surface area contributed by atoms with E-state index in [2.05, 4.69) is 69.4 Å². The Morgan fingerprint density at radius 2 is 1.85 bits per heavy atom. The van der Waals surface area contributed by atoms with Crippen LogP contribution < -0.4 is 10.6 Å². The minimum atomic E-state index is 0.576. The molecule has 3 heteroatoms. The van der Waals surface area contributed by atoms with Gasteiger partial charge in [-0.25, -0.2) is 0 Å². The van der Waals surface area contributed by atoms with Crippen molar-refractivity contribution >= 4 is 21.6 Å². The highest BCUT2D eigenvalue weighted by Gasteiger charge is 2.30. The molecule has 2 aromatic rings. The Balaban J connectivity index is 1.91. The first-order valence-electron chi connectivity index (χ1n) is 7.07. The van der Waals surface area contributed by atoms with E-state index in [0.29, 0.717) is 12.6 Å². The number of nitrogens with two attached hydrogens (primary N) is 1. The van der Waals surface area contributed by atoms with E-state index in [-0.39, 0.29) is 0 Å². The van der Waals surface area contributed by atoms with Crippen molar-refractivity contribution in [2.75, 3.05) is 4.90 Å². The molecule has 1 aliphatic rings. The molecule has 2 N–H and O–H groups in total. The maximum Gasteiger partial charge on any atom is 0.0432 e. The lowest BCUT2D eigenvalue weighted by Crippen LogP contribution is -2.26. The Hall–Kier alpha value is -1.32. The van der Waals surface area contributed by atoms with E-state index in [1.54, 1.807) is 0 Å². The predicted molar refractivity (Wildman–Crippen MR) is 87.7 cm³/mol. The van der Waals surface area contributed by atoms with Crippen molar-refractivity contribution in [2.24, 2.45) is 5.73 Å². The van der Waals surface area contributed by atoms with Crippen molar-refractivity contribution in [1.82, 2.24) is 0 Å². The van der Waals surface area contributed by atoms with Crippen LogP contribution in [-0.2, 0) is 13.1 Å². The van der Waals surface area contributed by atoms with Crippen molar-refractivity contribution < 1.29 is 0 Å². The first kappa shape index (κ1) is 13.7. The van der Waals surface area contributed by atoms with Crippen LogP contribution in [0.25, 0.3) is 0 Å². The fourth-order valence-corrected chi connectivity index (χ4v) is 2.98. The highest BCUT2D eigenvalue weighted by molar-refractivity contribution is 9.10. The fraction of sp³-hybridized carbons (Fsp3) is 0.294. The second-order valence-corrected chi connectivity index (χ2v) is 6.24. The zero-order valence-corrected chi connectivity index (χ0v) is 13.0. The third-order valence-electron chi connectivity index (χ3n) is 3.75. The van der Waals surface area contributed by atoms with Crippen molar-refractivity contribution in [1.29, 1.82) is 0 Å². The zero-order valence-electron chi connectivity index (χ0n) is 11.4. The molecule has 1 saturated carbocycles. The molecular formula is C17H19BrN2. The van der Waals surface area contributed by atoms with Crippen molar-refractivity contribution in [3.63, 3.8) is 0 Å². The summed E-state index contributed by atoms with van der Waals surface area (Å²) < 4.78 is 1.09. The van der Waals surface area contributed by atoms with E-state index < -0.39 is 0 Å². The average Bonchev–Trinajstić information content (AvgIpc) is 3.31. The Morgan fingerprint density at radius 1 is 1.10 bits per heavy atom. The van der Waals surface area contributed by atoms with Crippen LogP contribution in [0.3, 0.4) is 0 Å². The van der Waals surface area contributed by atoms with Crippen LogP contribution in [0.15, 0.2) is 53.0 Å². The van der Waals surface area contributed by atoms with E-state index >= 15 is 0 Å². The third kappa shape index (κ3) is 3.05. The fourth-order valence-electron chi connectivity index (χ4n) is 2.58. The van der Waals surface area contributed by atoms with E-state index in [1.165, 1.54) is 29.7 Å². The number of halogens is 1. The van der Waals surface area contributed by atoms with Crippen LogP contribution in [-0.4, -0.2) is 6.04 Å². The molecule has 0 spiro atoms. The lowest BCUT2D eigenvalue weighted by Gasteiger charge is -2.27. The first-order chi connectivity index (χ1) is 9.78. The van der Waals surface area contributed by atoms with E-state index in [0.717, 1.165) is 11.0 Å². The summed E-state index contributed by atoms with van der Waals surface area (Å²) in [5.41, 5.74) is 9.77. The van der Waals surface area contributed by atoms with Gasteiger partial charge in [-0.2, -0.15) is 0 Å². The van der Waals surface area contributed by atoms with Crippen LogP contribution in [0.2, 0.25) is 0 Å². The summed E-state index contributed by atoms with van der Waals surface area (Å²) in [6.07, 6.45) is 2.57. The van der Waals surface area contributed by atoms with Gasteiger partial charge in [-0.05, 0) is 42.2 Å². The number of nitrogens with zero attached hydrogens (tertiary/aromatic N) is 1. The highest BCUT2D eigenvalue weighted by Crippen LogP contribution is 2.35. The van der Waals surface area contributed by atoms with E-state index in [9.17, 15) is 0 Å². The van der Waals surface area contributed by atoms with E-state index in [1.807, 2.05) is 0 Å².